The Morgan fingerprint density at radius 2 is 1.38 bits per heavy atom. The third-order valence-electron chi connectivity index (χ3n) is 4.20. The molecule has 0 amide bonds. The van der Waals surface area contributed by atoms with Gasteiger partial charge in [0.25, 0.3) is 0 Å². The second-order valence-corrected chi connectivity index (χ2v) is 6.26. The molecule has 0 aliphatic rings. The number of aromatic amines is 1. The second-order valence-electron chi connectivity index (χ2n) is 6.26. The van der Waals surface area contributed by atoms with E-state index in [4.69, 9.17) is 21.4 Å². The minimum absolute atomic E-state index is 0.748. The van der Waals surface area contributed by atoms with Crippen LogP contribution in [0.2, 0.25) is 0 Å². The third kappa shape index (κ3) is 4.37. The number of carboxylic acids is 1. The van der Waals surface area contributed by atoms with Crippen molar-refractivity contribution >= 4 is 39.0 Å². The summed E-state index contributed by atoms with van der Waals surface area (Å²) in [5.41, 5.74) is 16.7. The second kappa shape index (κ2) is 7.67. The van der Waals surface area contributed by atoms with Gasteiger partial charge in [0.15, 0.2) is 0 Å². The number of aliphatic carboxylic acids is 1. The van der Waals surface area contributed by atoms with Crippen LogP contribution in [-0.2, 0) is 4.79 Å². The Bertz CT molecular complexity index is 1190. The number of nitrogens with two attached hydrogens (primary N) is 2. The molecule has 0 aliphatic heterocycles. The van der Waals surface area contributed by atoms with Gasteiger partial charge in [-0.2, -0.15) is 13.2 Å². The first-order valence-corrected chi connectivity index (χ1v) is 8.44. The Morgan fingerprint density at radius 1 is 0.828 bits per heavy atom. The van der Waals surface area contributed by atoms with Gasteiger partial charge in [-0.3, -0.25) is 0 Å². The molecule has 0 atom stereocenters. The maximum absolute atomic E-state index is 10.5. The maximum Gasteiger partial charge on any atom is 0.430 e. The monoisotopic (exact) mass is 399 g/mol. The Morgan fingerprint density at radius 3 is 1.97 bits per heavy atom. The van der Waals surface area contributed by atoms with E-state index in [0.29, 0.717) is 0 Å². The van der Waals surface area contributed by atoms with Gasteiger partial charge < -0.3 is 21.4 Å². The predicted molar refractivity (Wildman–Crippen MR) is 103 cm³/mol. The van der Waals surface area contributed by atoms with E-state index in [0.717, 1.165) is 38.9 Å². The van der Waals surface area contributed by atoms with Crippen molar-refractivity contribution in [3.8, 4) is 11.3 Å². The van der Waals surface area contributed by atoms with Crippen LogP contribution >= 0.6 is 0 Å². The molecule has 5 nitrogen and oxygen atoms in total. The van der Waals surface area contributed by atoms with E-state index in [2.05, 4.69) is 29.2 Å². The molecule has 4 rings (SSSR count). The number of hydrogen-bond donors (Lipinski definition) is 2. The fraction of sp³-hybridized carbons (Fsp3) is 0.0476. The standard InChI is InChI=1S/C19H15N3.C2HF3O2/c20-13-6-8-15-16-9-7-14(21)11-18(16)22-19(17(15)10-13)12-4-2-1-3-5-12;3-2(4,5)1(6)7/h1-11H,20-21H2;(H,6,7). The molecule has 29 heavy (non-hydrogen) atoms. The van der Waals surface area contributed by atoms with Crippen molar-refractivity contribution in [3.05, 3.63) is 66.7 Å². The van der Waals surface area contributed by atoms with Gasteiger partial charge in [0, 0.05) is 28.4 Å². The first-order chi connectivity index (χ1) is 13.7. The van der Waals surface area contributed by atoms with Gasteiger partial charge in [-0.1, -0.05) is 24.3 Å². The topological polar surface area (TPSA) is 106 Å². The number of hydrogen-bond acceptors (Lipinski definition) is 4. The molecule has 3 aromatic carbocycles. The number of nitrogen functional groups attached to an aromatic ring is 2. The number of rotatable bonds is 1. The summed E-state index contributed by atoms with van der Waals surface area (Å²) in [5, 5.41) is 12.2. The molecule has 4 aromatic rings. The zero-order valence-corrected chi connectivity index (χ0v) is 15.0. The number of carbonyl (C=O) groups excluding carboxylic acids is 1. The number of anilines is 2. The average molecular weight is 399 g/mol. The zero-order chi connectivity index (χ0) is 21.2. The number of pyridine rings is 1. The molecule has 0 unspecified atom stereocenters. The smallest absolute Gasteiger partial charge is 0.430 e. The van der Waals surface area contributed by atoms with Gasteiger partial charge in [-0.05, 0) is 36.4 Å². The van der Waals surface area contributed by atoms with Crippen LogP contribution in [0.15, 0.2) is 66.7 Å². The molecule has 1 aromatic heterocycles. The summed E-state index contributed by atoms with van der Waals surface area (Å²) < 4.78 is 31.5. The summed E-state index contributed by atoms with van der Waals surface area (Å²) in [5.74, 6) is -3.01. The molecular formula is C21H16F3N3O2. The molecule has 8 heteroatoms. The fourth-order valence-corrected chi connectivity index (χ4v) is 2.94. The number of carboxylic acid groups (broad SMARTS) is 1. The summed E-state index contributed by atoms with van der Waals surface area (Å²) in [6.45, 7) is 0. The molecule has 0 radical (unpaired) electrons. The number of benzene rings is 3. The average Bonchev–Trinajstić information content (AvgIpc) is 2.67. The van der Waals surface area contributed by atoms with Crippen LogP contribution in [0.5, 0.6) is 0 Å². The number of aromatic nitrogens is 1. The molecule has 148 valence electrons. The van der Waals surface area contributed by atoms with Crippen molar-refractivity contribution < 1.29 is 28.1 Å². The molecule has 1 heterocycles. The number of H-pyrrole nitrogens is 1. The Labute approximate surface area is 163 Å². The lowest BCUT2D eigenvalue weighted by Crippen LogP contribution is -2.37. The van der Waals surface area contributed by atoms with Crippen LogP contribution in [0.4, 0.5) is 24.5 Å². The molecule has 0 spiro atoms. The van der Waals surface area contributed by atoms with Gasteiger partial charge in [0.05, 0.1) is 10.8 Å². The molecule has 0 fully saturated rings. The minimum atomic E-state index is -5.19. The van der Waals surface area contributed by atoms with Crippen LogP contribution in [0.25, 0.3) is 32.9 Å². The van der Waals surface area contributed by atoms with Crippen LogP contribution in [-0.4, -0.2) is 12.1 Å². The van der Waals surface area contributed by atoms with Gasteiger partial charge in [0.1, 0.15) is 5.97 Å². The van der Waals surface area contributed by atoms with Crippen molar-refractivity contribution in [3.63, 3.8) is 0 Å². The number of alkyl halides is 3. The Kier molecular flexibility index (Phi) is 5.27. The van der Waals surface area contributed by atoms with Crippen molar-refractivity contribution in [1.82, 2.24) is 0 Å². The van der Waals surface area contributed by atoms with Gasteiger partial charge in [-0.15, -0.1) is 0 Å². The maximum atomic E-state index is 10.5. The van der Waals surface area contributed by atoms with E-state index in [-0.39, 0.29) is 0 Å². The van der Waals surface area contributed by atoms with Crippen molar-refractivity contribution in [2.45, 2.75) is 6.18 Å². The first kappa shape index (κ1) is 19.9. The molecular weight excluding hydrogens is 383 g/mol. The van der Waals surface area contributed by atoms with E-state index in [1.807, 2.05) is 42.5 Å². The van der Waals surface area contributed by atoms with Crippen LogP contribution < -0.4 is 21.6 Å². The van der Waals surface area contributed by atoms with Crippen LogP contribution in [0, 0.1) is 0 Å². The molecule has 5 N–H and O–H groups in total. The van der Waals surface area contributed by atoms with Crippen molar-refractivity contribution in [2.24, 2.45) is 0 Å². The first-order valence-electron chi connectivity index (χ1n) is 8.44. The highest BCUT2D eigenvalue weighted by molar-refractivity contribution is 6.09. The van der Waals surface area contributed by atoms with E-state index < -0.39 is 12.1 Å². The van der Waals surface area contributed by atoms with Gasteiger partial charge >= 0.3 is 6.18 Å². The zero-order valence-electron chi connectivity index (χ0n) is 15.0. The molecule has 0 saturated heterocycles. The van der Waals surface area contributed by atoms with Crippen molar-refractivity contribution in [2.75, 3.05) is 11.5 Å². The Hall–Kier alpha value is -3.81. The predicted octanol–water partition coefficient (Wildman–Crippen LogP) is 2.94. The minimum Gasteiger partial charge on any atom is -0.542 e. The lowest BCUT2D eigenvalue weighted by atomic mass is 9.99. The summed E-state index contributed by atoms with van der Waals surface area (Å²) >= 11 is 0. The number of halogens is 3. The SMILES string of the molecule is Nc1ccc2c(c1)[nH+]c(-c1ccccc1)c1cc(N)ccc12.O=C([O-])C(F)(F)F. The van der Waals surface area contributed by atoms with Crippen LogP contribution in [0.1, 0.15) is 0 Å². The number of carbonyl (C=O) groups is 1. The highest BCUT2D eigenvalue weighted by Gasteiger charge is 2.28. The van der Waals surface area contributed by atoms with Gasteiger partial charge in [0.2, 0.25) is 11.2 Å². The fourth-order valence-electron chi connectivity index (χ4n) is 2.94. The van der Waals surface area contributed by atoms with E-state index in [9.17, 15) is 13.2 Å². The lowest BCUT2D eigenvalue weighted by Gasteiger charge is -2.06. The molecule has 0 aliphatic carbocycles. The highest BCUT2D eigenvalue weighted by Crippen LogP contribution is 2.31. The summed E-state index contributed by atoms with van der Waals surface area (Å²) in [6, 6.07) is 22.2. The van der Waals surface area contributed by atoms with Crippen molar-refractivity contribution in [1.29, 1.82) is 0 Å². The summed E-state index contributed by atoms with van der Waals surface area (Å²) in [7, 11) is 0. The van der Waals surface area contributed by atoms with E-state index in [1.54, 1.807) is 0 Å². The third-order valence-corrected chi connectivity index (χ3v) is 4.20. The van der Waals surface area contributed by atoms with E-state index in [1.165, 1.54) is 5.39 Å². The lowest BCUT2D eigenvalue weighted by molar-refractivity contribution is -0.344. The number of nitrogens with one attached hydrogen (secondary N) is 1. The molecule has 0 saturated carbocycles. The summed E-state index contributed by atoms with van der Waals surface area (Å²) in [4.78, 5) is 12.3. The normalized spacial score (nSPS) is 11.1. The Balaban J connectivity index is 0.000000298. The highest BCUT2D eigenvalue weighted by atomic mass is 19.4. The quantitative estimate of drug-likeness (QED) is 0.379. The van der Waals surface area contributed by atoms with Crippen LogP contribution in [0.3, 0.4) is 0 Å². The van der Waals surface area contributed by atoms with Gasteiger partial charge in [-0.25, -0.2) is 4.98 Å². The molecule has 0 bridgehead atoms. The summed E-state index contributed by atoms with van der Waals surface area (Å²) in [6.07, 6.45) is -5.19. The largest absolute Gasteiger partial charge is 0.542 e. The van der Waals surface area contributed by atoms with E-state index >= 15 is 0 Å². The number of fused-ring (bicyclic) bond motifs is 3.